The average molecular weight is 394 g/mol. The Hall–Kier alpha value is -2.62. The maximum Gasteiger partial charge on any atom is 0.138 e. The summed E-state index contributed by atoms with van der Waals surface area (Å²) in [5.74, 6) is 1.10. The molecule has 1 aromatic heterocycles. The number of pyridine rings is 1. The van der Waals surface area contributed by atoms with Crippen molar-refractivity contribution in [3.63, 3.8) is 0 Å². The fourth-order valence-electron chi connectivity index (χ4n) is 2.95. The SMILES string of the molecule is CCCCc1c(Cl)cccc1OC(=Cc1cccnc1)C(O)c1ccccc1. The lowest BCUT2D eigenvalue weighted by molar-refractivity contribution is 0.165. The molecule has 0 aliphatic carbocycles. The van der Waals surface area contributed by atoms with Crippen LogP contribution in [-0.2, 0) is 6.42 Å². The summed E-state index contributed by atoms with van der Waals surface area (Å²) in [7, 11) is 0. The number of unbranched alkanes of at least 4 members (excludes halogenated alkanes) is 1. The van der Waals surface area contributed by atoms with Crippen LogP contribution < -0.4 is 4.74 Å². The van der Waals surface area contributed by atoms with E-state index in [4.69, 9.17) is 16.3 Å². The first-order valence-corrected chi connectivity index (χ1v) is 9.86. The van der Waals surface area contributed by atoms with Crippen molar-refractivity contribution >= 4 is 17.7 Å². The summed E-state index contributed by atoms with van der Waals surface area (Å²) < 4.78 is 6.24. The number of hydrogen-bond acceptors (Lipinski definition) is 3. The van der Waals surface area contributed by atoms with Gasteiger partial charge < -0.3 is 9.84 Å². The Morgan fingerprint density at radius 2 is 1.93 bits per heavy atom. The van der Waals surface area contributed by atoms with Crippen molar-refractivity contribution in [3.05, 3.63) is 101 Å². The lowest BCUT2D eigenvalue weighted by atomic mass is 10.1. The third-order valence-electron chi connectivity index (χ3n) is 4.46. The van der Waals surface area contributed by atoms with Crippen LogP contribution in [0.5, 0.6) is 5.75 Å². The van der Waals surface area contributed by atoms with E-state index in [0.717, 1.165) is 36.0 Å². The Morgan fingerprint density at radius 1 is 1.11 bits per heavy atom. The third-order valence-corrected chi connectivity index (χ3v) is 4.82. The molecule has 4 heteroatoms. The molecule has 0 saturated heterocycles. The highest BCUT2D eigenvalue weighted by Gasteiger charge is 2.18. The van der Waals surface area contributed by atoms with Crippen molar-refractivity contribution in [2.75, 3.05) is 0 Å². The van der Waals surface area contributed by atoms with Crippen LogP contribution in [0.3, 0.4) is 0 Å². The van der Waals surface area contributed by atoms with Gasteiger partial charge in [-0.05, 0) is 48.2 Å². The second kappa shape index (κ2) is 10.1. The second-order valence-corrected chi connectivity index (χ2v) is 6.98. The molecule has 0 amide bonds. The number of rotatable bonds is 8. The Morgan fingerprint density at radius 3 is 2.64 bits per heavy atom. The Kier molecular flexibility index (Phi) is 7.24. The summed E-state index contributed by atoms with van der Waals surface area (Å²) >= 11 is 6.43. The number of aliphatic hydroxyl groups excluding tert-OH is 1. The fraction of sp³-hybridized carbons (Fsp3) is 0.208. The van der Waals surface area contributed by atoms with Crippen molar-refractivity contribution in [2.24, 2.45) is 0 Å². The zero-order valence-corrected chi connectivity index (χ0v) is 16.6. The predicted octanol–water partition coefficient (Wildman–Crippen LogP) is 6.23. The van der Waals surface area contributed by atoms with Crippen LogP contribution >= 0.6 is 11.6 Å². The molecule has 1 atom stereocenters. The number of benzene rings is 2. The zero-order valence-electron chi connectivity index (χ0n) is 15.9. The summed E-state index contributed by atoms with van der Waals surface area (Å²) in [4.78, 5) is 4.15. The van der Waals surface area contributed by atoms with Crippen LogP contribution in [0, 0.1) is 0 Å². The summed E-state index contributed by atoms with van der Waals surface area (Å²) in [6.45, 7) is 2.14. The van der Waals surface area contributed by atoms with Gasteiger partial charge in [0.15, 0.2) is 0 Å². The van der Waals surface area contributed by atoms with Crippen LogP contribution in [0.25, 0.3) is 6.08 Å². The number of aliphatic hydroxyl groups is 1. The predicted molar refractivity (Wildman–Crippen MR) is 114 cm³/mol. The molecule has 3 rings (SSSR count). The van der Waals surface area contributed by atoms with E-state index < -0.39 is 6.10 Å². The molecule has 28 heavy (non-hydrogen) atoms. The summed E-state index contributed by atoms with van der Waals surface area (Å²) in [5.41, 5.74) is 2.57. The van der Waals surface area contributed by atoms with Gasteiger partial charge in [0.2, 0.25) is 0 Å². The molecule has 0 radical (unpaired) electrons. The highest BCUT2D eigenvalue weighted by atomic mass is 35.5. The van der Waals surface area contributed by atoms with Gasteiger partial charge in [0, 0.05) is 23.0 Å². The molecule has 144 valence electrons. The molecule has 1 heterocycles. The van der Waals surface area contributed by atoms with Crippen LogP contribution in [0.2, 0.25) is 5.02 Å². The standard InChI is InChI=1S/C24H24ClNO2/c1-2-3-12-20-21(25)13-7-14-22(20)28-23(16-18-9-8-15-26-17-18)24(27)19-10-5-4-6-11-19/h4-11,13-17,24,27H,2-3,12H2,1H3. The minimum absolute atomic E-state index is 0.430. The van der Waals surface area contributed by atoms with Gasteiger partial charge in [0.05, 0.1) is 0 Å². The second-order valence-electron chi connectivity index (χ2n) is 6.57. The van der Waals surface area contributed by atoms with Crippen LogP contribution in [0.4, 0.5) is 0 Å². The van der Waals surface area contributed by atoms with Crippen LogP contribution in [0.15, 0.2) is 78.8 Å². The van der Waals surface area contributed by atoms with E-state index in [9.17, 15) is 5.11 Å². The monoisotopic (exact) mass is 393 g/mol. The van der Waals surface area contributed by atoms with Gasteiger partial charge in [-0.2, -0.15) is 0 Å². The minimum Gasteiger partial charge on any atom is -0.458 e. The van der Waals surface area contributed by atoms with Gasteiger partial charge in [0.25, 0.3) is 0 Å². The van der Waals surface area contributed by atoms with Gasteiger partial charge in [0.1, 0.15) is 17.6 Å². The molecule has 0 aliphatic heterocycles. The molecule has 3 aromatic rings. The first-order valence-electron chi connectivity index (χ1n) is 9.49. The smallest absolute Gasteiger partial charge is 0.138 e. The first kappa shape index (κ1) is 20.1. The molecule has 0 spiro atoms. The number of halogens is 1. The van der Waals surface area contributed by atoms with Crippen molar-refractivity contribution in [3.8, 4) is 5.75 Å². The first-order chi connectivity index (χ1) is 13.7. The largest absolute Gasteiger partial charge is 0.458 e. The lowest BCUT2D eigenvalue weighted by Gasteiger charge is -2.19. The molecular formula is C24H24ClNO2. The van der Waals surface area contributed by atoms with Crippen molar-refractivity contribution in [1.29, 1.82) is 0 Å². The van der Waals surface area contributed by atoms with Gasteiger partial charge in [-0.25, -0.2) is 0 Å². The topological polar surface area (TPSA) is 42.4 Å². The molecular weight excluding hydrogens is 370 g/mol. The molecule has 2 aromatic carbocycles. The van der Waals surface area contributed by atoms with E-state index in [1.807, 2.05) is 66.7 Å². The Balaban J connectivity index is 1.99. The fourth-order valence-corrected chi connectivity index (χ4v) is 3.21. The number of ether oxygens (including phenoxy) is 1. The van der Waals surface area contributed by atoms with E-state index in [0.29, 0.717) is 16.5 Å². The maximum absolute atomic E-state index is 11.0. The quantitative estimate of drug-likeness (QED) is 0.461. The van der Waals surface area contributed by atoms with Crippen LogP contribution in [-0.4, -0.2) is 10.1 Å². The number of hydrogen-bond donors (Lipinski definition) is 1. The minimum atomic E-state index is -0.903. The molecule has 0 saturated carbocycles. The molecule has 0 aliphatic rings. The normalized spacial score (nSPS) is 12.6. The maximum atomic E-state index is 11.0. The van der Waals surface area contributed by atoms with E-state index in [1.165, 1.54) is 0 Å². The van der Waals surface area contributed by atoms with Gasteiger partial charge in [-0.1, -0.05) is 67.4 Å². The van der Waals surface area contributed by atoms with E-state index in [1.54, 1.807) is 12.4 Å². The molecule has 0 fully saturated rings. The zero-order chi connectivity index (χ0) is 19.8. The van der Waals surface area contributed by atoms with Crippen molar-refractivity contribution < 1.29 is 9.84 Å². The molecule has 3 nitrogen and oxygen atoms in total. The average Bonchev–Trinajstić information content (AvgIpc) is 2.74. The van der Waals surface area contributed by atoms with Crippen molar-refractivity contribution in [2.45, 2.75) is 32.3 Å². The summed E-state index contributed by atoms with van der Waals surface area (Å²) in [6.07, 6.45) is 7.27. The van der Waals surface area contributed by atoms with Gasteiger partial charge >= 0.3 is 0 Å². The summed E-state index contributed by atoms with van der Waals surface area (Å²) in [6, 6.07) is 18.9. The summed E-state index contributed by atoms with van der Waals surface area (Å²) in [5, 5.41) is 11.7. The van der Waals surface area contributed by atoms with Crippen LogP contribution in [0.1, 0.15) is 42.6 Å². The molecule has 1 unspecified atom stereocenters. The van der Waals surface area contributed by atoms with E-state index >= 15 is 0 Å². The Labute approximate surface area is 171 Å². The van der Waals surface area contributed by atoms with Crippen molar-refractivity contribution in [1.82, 2.24) is 4.98 Å². The highest BCUT2D eigenvalue weighted by molar-refractivity contribution is 6.31. The third kappa shape index (κ3) is 5.22. The lowest BCUT2D eigenvalue weighted by Crippen LogP contribution is -2.09. The number of aromatic nitrogens is 1. The number of nitrogens with zero attached hydrogens (tertiary/aromatic N) is 1. The Bertz CT molecular complexity index is 910. The highest BCUT2D eigenvalue weighted by Crippen LogP contribution is 2.33. The molecule has 1 N–H and O–H groups in total. The molecule has 0 bridgehead atoms. The van der Waals surface area contributed by atoms with Gasteiger partial charge in [-0.3, -0.25) is 4.98 Å². The van der Waals surface area contributed by atoms with Gasteiger partial charge in [-0.15, -0.1) is 0 Å². The van der Waals surface area contributed by atoms with E-state index in [2.05, 4.69) is 11.9 Å². The van der Waals surface area contributed by atoms with E-state index in [-0.39, 0.29) is 0 Å².